The molecule has 3 atom stereocenters. The van der Waals surface area contributed by atoms with Crippen molar-refractivity contribution in [3.05, 3.63) is 69.4 Å². The van der Waals surface area contributed by atoms with Gasteiger partial charge in [0.1, 0.15) is 11.5 Å². The number of halogens is 2. The summed E-state index contributed by atoms with van der Waals surface area (Å²) in [6.45, 7) is 1.36. The van der Waals surface area contributed by atoms with Gasteiger partial charge in [-0.1, -0.05) is 46.6 Å². The highest BCUT2D eigenvalue weighted by Crippen LogP contribution is 2.47. The maximum absolute atomic E-state index is 11.2. The number of piperidine rings is 1. The molecule has 0 radical (unpaired) electrons. The SMILES string of the molecule is O=P(O)(O)CCc1ccc(N2C[C@@H]3C[C@H]2C[C@H]3OCc2c(-c3c(Cl)cccc3Cl)noc2C2CC2)cc1. The van der Waals surface area contributed by atoms with Gasteiger partial charge >= 0.3 is 7.60 Å². The molecule has 1 aliphatic heterocycles. The van der Waals surface area contributed by atoms with E-state index in [0.29, 0.717) is 52.2 Å². The summed E-state index contributed by atoms with van der Waals surface area (Å²) in [5.41, 5.74) is 4.43. The first-order valence-electron chi connectivity index (χ1n) is 12.7. The molecule has 0 unspecified atom stereocenters. The van der Waals surface area contributed by atoms with Gasteiger partial charge in [-0.25, -0.2) is 0 Å². The number of aromatic nitrogens is 1. The van der Waals surface area contributed by atoms with Gasteiger partial charge < -0.3 is 23.9 Å². The maximum atomic E-state index is 11.2. The van der Waals surface area contributed by atoms with E-state index < -0.39 is 7.60 Å². The molecule has 2 aromatic carbocycles. The Morgan fingerprint density at radius 2 is 1.81 bits per heavy atom. The van der Waals surface area contributed by atoms with Crippen LogP contribution in [0.15, 0.2) is 47.0 Å². The Morgan fingerprint density at radius 1 is 1.08 bits per heavy atom. The van der Waals surface area contributed by atoms with Crippen molar-refractivity contribution >= 4 is 36.5 Å². The Morgan fingerprint density at radius 3 is 2.43 bits per heavy atom. The molecule has 6 rings (SSSR count). The van der Waals surface area contributed by atoms with E-state index >= 15 is 0 Å². The van der Waals surface area contributed by atoms with Crippen molar-refractivity contribution in [2.45, 2.75) is 56.8 Å². The first kappa shape index (κ1) is 25.4. The lowest BCUT2D eigenvalue weighted by Crippen LogP contribution is -2.38. The predicted octanol–water partition coefficient (Wildman–Crippen LogP) is 6.43. The van der Waals surface area contributed by atoms with E-state index in [2.05, 4.69) is 22.2 Å². The van der Waals surface area contributed by atoms with Crippen molar-refractivity contribution in [2.24, 2.45) is 5.92 Å². The Balaban J connectivity index is 1.12. The van der Waals surface area contributed by atoms with Crippen LogP contribution in [0.2, 0.25) is 10.0 Å². The van der Waals surface area contributed by atoms with Gasteiger partial charge in [0.25, 0.3) is 0 Å². The van der Waals surface area contributed by atoms with Crippen LogP contribution in [0, 0.1) is 5.92 Å². The fourth-order valence-corrected chi connectivity index (χ4v) is 6.92. The summed E-state index contributed by atoms with van der Waals surface area (Å²) >= 11 is 13.0. The first-order valence-corrected chi connectivity index (χ1v) is 15.3. The number of hydrogen-bond donors (Lipinski definition) is 2. The standard InChI is InChI=1S/C27H29Cl2N2O5P/c28-22-2-1-3-23(29)25(22)26-21(27(36-30-26)17-6-7-17)15-35-24-13-20-12-18(24)14-31(20)19-8-4-16(5-9-19)10-11-37(32,33)34/h1-5,8-9,17-18,20,24H,6-7,10-15H2,(H2,32,33,34)/t18-,20-,24+/m0/s1. The van der Waals surface area contributed by atoms with Gasteiger partial charge in [0.15, 0.2) is 0 Å². The molecule has 7 nitrogen and oxygen atoms in total. The van der Waals surface area contributed by atoms with Crippen LogP contribution < -0.4 is 4.90 Å². The van der Waals surface area contributed by atoms with Gasteiger partial charge in [-0.05, 0) is 61.9 Å². The summed E-state index contributed by atoms with van der Waals surface area (Å²) in [6, 6.07) is 13.9. The van der Waals surface area contributed by atoms with Gasteiger partial charge in [0.2, 0.25) is 0 Å². The zero-order valence-electron chi connectivity index (χ0n) is 20.2. The minimum atomic E-state index is -3.98. The molecule has 3 aromatic rings. The molecular formula is C27H29Cl2N2O5P. The number of rotatable bonds is 9. The van der Waals surface area contributed by atoms with E-state index in [1.807, 2.05) is 30.3 Å². The van der Waals surface area contributed by atoms with Gasteiger partial charge in [0, 0.05) is 41.2 Å². The smallest absolute Gasteiger partial charge is 0.325 e. The van der Waals surface area contributed by atoms with Gasteiger partial charge in [0.05, 0.1) is 28.9 Å². The van der Waals surface area contributed by atoms with Crippen LogP contribution in [-0.2, 0) is 22.3 Å². The number of fused-ring (bicyclic) bond motifs is 2. The van der Waals surface area contributed by atoms with Crippen molar-refractivity contribution < 1.29 is 23.6 Å². The predicted molar refractivity (Wildman–Crippen MR) is 143 cm³/mol. The molecule has 196 valence electrons. The lowest BCUT2D eigenvalue weighted by molar-refractivity contribution is 0.0122. The second-order valence-corrected chi connectivity index (χ2v) is 13.0. The highest BCUT2D eigenvalue weighted by atomic mass is 35.5. The molecule has 2 heterocycles. The molecule has 2 aliphatic carbocycles. The van der Waals surface area contributed by atoms with Crippen molar-refractivity contribution in [1.82, 2.24) is 5.16 Å². The summed E-state index contributed by atoms with van der Waals surface area (Å²) in [7, 11) is -3.98. The van der Waals surface area contributed by atoms with Gasteiger partial charge in [-0.15, -0.1) is 0 Å². The third kappa shape index (κ3) is 5.36. The zero-order chi connectivity index (χ0) is 25.7. The van der Waals surface area contributed by atoms with Crippen LogP contribution >= 0.6 is 30.8 Å². The van der Waals surface area contributed by atoms with E-state index in [-0.39, 0.29) is 12.3 Å². The molecule has 2 N–H and O–H groups in total. The van der Waals surface area contributed by atoms with Crippen molar-refractivity contribution in [1.29, 1.82) is 0 Å². The summed E-state index contributed by atoms with van der Waals surface area (Å²) in [5.74, 6) is 1.73. The quantitative estimate of drug-likeness (QED) is 0.290. The number of anilines is 1. The summed E-state index contributed by atoms with van der Waals surface area (Å²) < 4.78 is 23.5. The highest BCUT2D eigenvalue weighted by Gasteiger charge is 2.45. The van der Waals surface area contributed by atoms with Gasteiger partial charge in [-0.2, -0.15) is 0 Å². The molecule has 3 aliphatic rings. The second-order valence-electron chi connectivity index (χ2n) is 10.4. The van der Waals surface area contributed by atoms with Crippen molar-refractivity contribution in [2.75, 3.05) is 17.6 Å². The fraction of sp³-hybridized carbons (Fsp3) is 0.444. The highest BCUT2D eigenvalue weighted by molar-refractivity contribution is 7.51. The Hall–Kier alpha value is -1.86. The molecule has 0 amide bonds. The number of hydrogen-bond acceptors (Lipinski definition) is 5. The average Bonchev–Trinajstić information content (AvgIpc) is 3.31. The molecule has 2 bridgehead atoms. The molecule has 1 saturated heterocycles. The minimum Gasteiger partial charge on any atom is -0.373 e. The first-order chi connectivity index (χ1) is 17.8. The van der Waals surface area contributed by atoms with Crippen molar-refractivity contribution in [3.63, 3.8) is 0 Å². The van der Waals surface area contributed by atoms with Crippen LogP contribution in [0.4, 0.5) is 5.69 Å². The lowest BCUT2D eigenvalue weighted by Gasteiger charge is -2.33. The minimum absolute atomic E-state index is 0.126. The molecule has 10 heteroatoms. The topological polar surface area (TPSA) is 96.0 Å². The van der Waals surface area contributed by atoms with Crippen LogP contribution in [-0.4, -0.2) is 39.8 Å². The van der Waals surface area contributed by atoms with E-state index in [9.17, 15) is 4.57 Å². The van der Waals surface area contributed by atoms with Crippen LogP contribution in [0.5, 0.6) is 0 Å². The number of ether oxygens (including phenoxy) is 1. The molecule has 1 aromatic heterocycles. The number of benzene rings is 2. The molecule has 2 saturated carbocycles. The maximum Gasteiger partial charge on any atom is 0.325 e. The van der Waals surface area contributed by atoms with Crippen LogP contribution in [0.25, 0.3) is 11.3 Å². The summed E-state index contributed by atoms with van der Waals surface area (Å²) in [5, 5.41) is 5.47. The Kier molecular flexibility index (Phi) is 6.89. The monoisotopic (exact) mass is 562 g/mol. The molecule has 37 heavy (non-hydrogen) atoms. The zero-order valence-corrected chi connectivity index (χ0v) is 22.6. The largest absolute Gasteiger partial charge is 0.373 e. The van der Waals surface area contributed by atoms with Crippen molar-refractivity contribution in [3.8, 4) is 11.3 Å². The van der Waals surface area contributed by atoms with Crippen LogP contribution in [0.3, 0.4) is 0 Å². The molecular weight excluding hydrogens is 534 g/mol. The Bertz CT molecular complexity index is 1320. The molecule has 0 spiro atoms. The third-order valence-corrected chi connectivity index (χ3v) is 9.28. The fourth-order valence-electron chi connectivity index (χ4n) is 5.79. The van der Waals surface area contributed by atoms with E-state index in [0.717, 1.165) is 54.8 Å². The second kappa shape index (κ2) is 10.0. The number of aryl methyl sites for hydroxylation is 1. The Labute approximate surface area is 225 Å². The van der Waals surface area contributed by atoms with Gasteiger partial charge in [-0.3, -0.25) is 4.57 Å². The summed E-state index contributed by atoms with van der Waals surface area (Å²) in [6.07, 6.45) is 4.65. The van der Waals surface area contributed by atoms with E-state index in [1.165, 1.54) is 0 Å². The van der Waals surface area contributed by atoms with E-state index in [4.69, 9.17) is 42.2 Å². The molecule has 3 fully saturated rings. The normalized spacial score (nSPS) is 23.2. The van der Waals surface area contributed by atoms with Crippen LogP contribution in [0.1, 0.15) is 48.5 Å². The summed E-state index contributed by atoms with van der Waals surface area (Å²) in [4.78, 5) is 20.7. The van der Waals surface area contributed by atoms with E-state index in [1.54, 1.807) is 0 Å². The average molecular weight is 563 g/mol. The third-order valence-electron chi connectivity index (χ3n) is 7.84. The lowest BCUT2D eigenvalue weighted by atomic mass is 10.0. The number of nitrogens with zero attached hydrogens (tertiary/aromatic N) is 2.